The van der Waals surface area contributed by atoms with Crippen molar-refractivity contribution in [3.63, 3.8) is 0 Å². The van der Waals surface area contributed by atoms with Crippen LogP contribution in [0.2, 0.25) is 0 Å². The predicted molar refractivity (Wildman–Crippen MR) is 86.6 cm³/mol. The number of sulfonamides is 1. The van der Waals surface area contributed by atoms with Gasteiger partial charge in [0.2, 0.25) is 10.0 Å². The zero-order chi connectivity index (χ0) is 14.8. The molecule has 1 aliphatic carbocycles. The number of halogens is 1. The summed E-state index contributed by atoms with van der Waals surface area (Å²) in [5.74, 6) is 0. The molecule has 7 heteroatoms. The van der Waals surface area contributed by atoms with Crippen LogP contribution >= 0.6 is 27.3 Å². The van der Waals surface area contributed by atoms with Gasteiger partial charge in [-0.15, -0.1) is 11.3 Å². The maximum absolute atomic E-state index is 12.6. The van der Waals surface area contributed by atoms with Gasteiger partial charge in [0.25, 0.3) is 0 Å². The molecule has 0 spiro atoms. The standard InChI is InChI=1S/C13H21BrN2O2S2/c1-3-13(6-5-7-13)16-20(17,18)11-8-10(9-15-4-2)19-12(11)14/h8,15-16H,3-7,9H2,1-2H3. The number of hydrogen-bond acceptors (Lipinski definition) is 4. The summed E-state index contributed by atoms with van der Waals surface area (Å²) in [7, 11) is -3.44. The zero-order valence-corrected chi connectivity index (χ0v) is 15.0. The molecule has 0 saturated heterocycles. The second kappa shape index (κ2) is 6.44. The minimum Gasteiger partial charge on any atom is -0.312 e. The van der Waals surface area contributed by atoms with Gasteiger partial charge >= 0.3 is 0 Å². The van der Waals surface area contributed by atoms with E-state index in [0.717, 1.165) is 37.1 Å². The maximum Gasteiger partial charge on any atom is 0.243 e. The number of nitrogens with one attached hydrogen (secondary N) is 2. The first kappa shape index (κ1) is 16.4. The molecule has 1 aromatic heterocycles. The molecule has 0 aliphatic heterocycles. The van der Waals surface area contributed by atoms with Crippen molar-refractivity contribution in [3.8, 4) is 0 Å². The number of rotatable bonds is 7. The lowest BCUT2D eigenvalue weighted by molar-refractivity contribution is 0.214. The molecule has 114 valence electrons. The molecule has 4 nitrogen and oxygen atoms in total. The van der Waals surface area contributed by atoms with Crippen LogP contribution in [0.15, 0.2) is 14.7 Å². The third-order valence-electron chi connectivity index (χ3n) is 3.88. The van der Waals surface area contributed by atoms with Crippen molar-refractivity contribution in [2.75, 3.05) is 6.54 Å². The smallest absolute Gasteiger partial charge is 0.243 e. The lowest BCUT2D eigenvalue weighted by Crippen LogP contribution is -2.52. The topological polar surface area (TPSA) is 58.2 Å². The van der Waals surface area contributed by atoms with Crippen molar-refractivity contribution >= 4 is 37.3 Å². The monoisotopic (exact) mass is 380 g/mol. The highest BCUT2D eigenvalue weighted by molar-refractivity contribution is 9.11. The fraction of sp³-hybridized carbons (Fsp3) is 0.692. The van der Waals surface area contributed by atoms with E-state index in [-0.39, 0.29) is 5.54 Å². The van der Waals surface area contributed by atoms with E-state index in [2.05, 4.69) is 26.0 Å². The van der Waals surface area contributed by atoms with Crippen LogP contribution in [0.4, 0.5) is 0 Å². The van der Waals surface area contributed by atoms with Gasteiger partial charge in [-0.1, -0.05) is 13.8 Å². The van der Waals surface area contributed by atoms with E-state index in [1.807, 2.05) is 13.8 Å². The Kier molecular flexibility index (Phi) is 5.29. The van der Waals surface area contributed by atoms with Crippen molar-refractivity contribution in [2.24, 2.45) is 0 Å². The van der Waals surface area contributed by atoms with E-state index in [0.29, 0.717) is 15.2 Å². The molecule has 0 atom stereocenters. The first-order chi connectivity index (χ1) is 9.42. The van der Waals surface area contributed by atoms with Crippen molar-refractivity contribution in [3.05, 3.63) is 14.7 Å². The van der Waals surface area contributed by atoms with Gasteiger partial charge in [-0.2, -0.15) is 0 Å². The Morgan fingerprint density at radius 2 is 2.10 bits per heavy atom. The van der Waals surface area contributed by atoms with Crippen LogP contribution in [0.3, 0.4) is 0 Å². The Balaban J connectivity index is 2.18. The summed E-state index contributed by atoms with van der Waals surface area (Å²) in [5.41, 5.74) is -0.220. The van der Waals surface area contributed by atoms with Gasteiger partial charge in [0.05, 0.1) is 3.79 Å². The largest absolute Gasteiger partial charge is 0.312 e. The van der Waals surface area contributed by atoms with E-state index in [4.69, 9.17) is 0 Å². The lowest BCUT2D eigenvalue weighted by atomic mass is 9.76. The third kappa shape index (κ3) is 3.44. The SMILES string of the molecule is CCNCc1cc(S(=O)(=O)NC2(CC)CCC2)c(Br)s1. The highest BCUT2D eigenvalue weighted by Crippen LogP contribution is 2.38. The Hall–Kier alpha value is 0.0500. The van der Waals surface area contributed by atoms with Crippen molar-refractivity contribution in [2.45, 2.75) is 56.5 Å². The molecule has 0 bridgehead atoms. The van der Waals surface area contributed by atoms with Gasteiger partial charge in [-0.25, -0.2) is 13.1 Å². The average molecular weight is 381 g/mol. The molecular weight excluding hydrogens is 360 g/mol. The third-order valence-corrected chi connectivity index (χ3v) is 7.71. The molecule has 1 fully saturated rings. The quantitative estimate of drug-likeness (QED) is 0.763. The van der Waals surface area contributed by atoms with Crippen LogP contribution in [0, 0.1) is 0 Å². The van der Waals surface area contributed by atoms with Crippen LogP contribution in [-0.4, -0.2) is 20.5 Å². The normalized spacial score (nSPS) is 17.9. The van der Waals surface area contributed by atoms with Crippen LogP contribution in [-0.2, 0) is 16.6 Å². The fourth-order valence-electron chi connectivity index (χ4n) is 2.39. The molecule has 20 heavy (non-hydrogen) atoms. The maximum atomic E-state index is 12.6. The second-order valence-electron chi connectivity index (χ2n) is 5.22. The molecular formula is C13H21BrN2O2S2. The van der Waals surface area contributed by atoms with Gasteiger partial charge in [0.15, 0.2) is 0 Å². The second-order valence-corrected chi connectivity index (χ2v) is 9.33. The minimum absolute atomic E-state index is 0.220. The zero-order valence-electron chi connectivity index (χ0n) is 11.8. The van der Waals surface area contributed by atoms with Crippen LogP contribution < -0.4 is 10.0 Å². The van der Waals surface area contributed by atoms with Gasteiger partial charge in [-0.05, 0) is 54.2 Å². The van der Waals surface area contributed by atoms with Crippen LogP contribution in [0.5, 0.6) is 0 Å². The number of hydrogen-bond donors (Lipinski definition) is 2. The Morgan fingerprint density at radius 3 is 2.60 bits per heavy atom. The molecule has 0 aromatic carbocycles. The van der Waals surface area contributed by atoms with E-state index < -0.39 is 10.0 Å². The molecule has 2 N–H and O–H groups in total. The van der Waals surface area contributed by atoms with Crippen molar-refractivity contribution in [1.82, 2.24) is 10.0 Å². The molecule has 1 aromatic rings. The van der Waals surface area contributed by atoms with Gasteiger partial charge < -0.3 is 5.32 Å². The first-order valence-electron chi connectivity index (χ1n) is 6.95. The van der Waals surface area contributed by atoms with E-state index >= 15 is 0 Å². The van der Waals surface area contributed by atoms with Crippen molar-refractivity contribution < 1.29 is 8.42 Å². The molecule has 0 unspecified atom stereocenters. The Morgan fingerprint density at radius 1 is 1.40 bits per heavy atom. The summed E-state index contributed by atoms with van der Waals surface area (Å²) in [5, 5.41) is 3.21. The van der Waals surface area contributed by atoms with Crippen LogP contribution in [0.1, 0.15) is 44.4 Å². The first-order valence-corrected chi connectivity index (χ1v) is 10.0. The number of thiophene rings is 1. The van der Waals surface area contributed by atoms with Crippen molar-refractivity contribution in [1.29, 1.82) is 0 Å². The fourth-order valence-corrected chi connectivity index (χ4v) is 6.57. The lowest BCUT2D eigenvalue weighted by Gasteiger charge is -2.41. The molecule has 1 saturated carbocycles. The Labute approximate surface area is 133 Å². The van der Waals surface area contributed by atoms with E-state index in [9.17, 15) is 8.42 Å². The molecule has 0 radical (unpaired) electrons. The summed E-state index contributed by atoms with van der Waals surface area (Å²) in [6.07, 6.45) is 3.83. The Bertz CT molecular complexity index is 559. The van der Waals surface area contributed by atoms with Gasteiger partial charge in [-0.3, -0.25) is 0 Å². The van der Waals surface area contributed by atoms with Crippen LogP contribution in [0.25, 0.3) is 0 Å². The summed E-state index contributed by atoms with van der Waals surface area (Å²) in [4.78, 5) is 1.40. The predicted octanol–water partition coefficient (Wildman–Crippen LogP) is 3.23. The minimum atomic E-state index is -3.44. The summed E-state index contributed by atoms with van der Waals surface area (Å²) in [6, 6.07) is 1.77. The van der Waals surface area contributed by atoms with E-state index in [1.54, 1.807) is 6.07 Å². The molecule has 2 rings (SSSR count). The molecule has 1 aliphatic rings. The highest BCUT2D eigenvalue weighted by atomic mass is 79.9. The van der Waals surface area contributed by atoms with Gasteiger partial charge in [0, 0.05) is 17.0 Å². The molecule has 0 amide bonds. The summed E-state index contributed by atoms with van der Waals surface area (Å²) < 4.78 is 28.7. The van der Waals surface area contributed by atoms with E-state index in [1.165, 1.54) is 11.3 Å². The average Bonchev–Trinajstić information content (AvgIpc) is 2.73. The summed E-state index contributed by atoms with van der Waals surface area (Å²) >= 11 is 4.86. The highest BCUT2D eigenvalue weighted by Gasteiger charge is 2.39. The summed E-state index contributed by atoms with van der Waals surface area (Å²) in [6.45, 7) is 5.65. The van der Waals surface area contributed by atoms with Gasteiger partial charge in [0.1, 0.15) is 4.90 Å². The molecule has 1 heterocycles.